The third-order valence-electron chi connectivity index (χ3n) is 7.45. The van der Waals surface area contributed by atoms with Crippen LogP contribution < -0.4 is 14.4 Å². The zero-order chi connectivity index (χ0) is 27.3. The second-order valence-corrected chi connectivity index (χ2v) is 9.86. The number of imide groups is 1. The number of carboxylic acid groups (broad SMARTS) is 1. The summed E-state index contributed by atoms with van der Waals surface area (Å²) in [6.07, 6.45) is 5.51. The number of anilines is 1. The molecule has 39 heavy (non-hydrogen) atoms. The van der Waals surface area contributed by atoms with Crippen molar-refractivity contribution < 1.29 is 33.8 Å². The van der Waals surface area contributed by atoms with Gasteiger partial charge in [-0.05, 0) is 61.1 Å². The smallest absolute Gasteiger partial charge is 0.354 e. The summed E-state index contributed by atoms with van der Waals surface area (Å²) in [5.74, 6) is -1.41. The number of carbonyl (C=O) groups is 4. The van der Waals surface area contributed by atoms with E-state index in [1.54, 1.807) is 30.2 Å². The summed E-state index contributed by atoms with van der Waals surface area (Å²) in [6.45, 7) is 0.317. The first-order chi connectivity index (χ1) is 18.8. The van der Waals surface area contributed by atoms with Crippen LogP contribution in [-0.4, -0.2) is 51.9 Å². The molecule has 0 atom stereocenters. The summed E-state index contributed by atoms with van der Waals surface area (Å²) < 4.78 is 11.7. The van der Waals surface area contributed by atoms with Gasteiger partial charge < -0.3 is 19.5 Å². The van der Waals surface area contributed by atoms with Gasteiger partial charge in [-0.1, -0.05) is 12.1 Å². The molecule has 0 spiro atoms. The molecule has 10 heteroatoms. The maximum Gasteiger partial charge on any atom is 0.354 e. The largest absolute Gasteiger partial charge is 0.493 e. The summed E-state index contributed by atoms with van der Waals surface area (Å²) >= 11 is 0. The first-order valence-corrected chi connectivity index (χ1v) is 12.7. The number of ether oxygens (including phenoxy) is 2. The lowest BCUT2D eigenvalue weighted by Gasteiger charge is -2.20. The first kappa shape index (κ1) is 24.6. The first-order valence-electron chi connectivity index (χ1n) is 12.7. The Bertz CT molecular complexity index is 1540. The molecule has 10 nitrogen and oxygen atoms in total. The third-order valence-corrected chi connectivity index (χ3v) is 7.45. The lowest BCUT2D eigenvalue weighted by atomic mass is 10.1. The lowest BCUT2D eigenvalue weighted by molar-refractivity contribution is 0.0640. The Balaban J connectivity index is 1.22. The molecule has 3 heterocycles. The van der Waals surface area contributed by atoms with Crippen LogP contribution in [0.2, 0.25) is 0 Å². The van der Waals surface area contributed by atoms with E-state index in [-0.39, 0.29) is 35.4 Å². The van der Waals surface area contributed by atoms with Crippen molar-refractivity contribution in [2.24, 2.45) is 0 Å². The molecule has 2 aromatic carbocycles. The molecule has 1 saturated carbocycles. The van der Waals surface area contributed by atoms with Crippen molar-refractivity contribution in [3.63, 3.8) is 0 Å². The number of nitrogens with zero attached hydrogens (tertiary/aromatic N) is 3. The highest BCUT2D eigenvalue weighted by Crippen LogP contribution is 2.38. The molecule has 1 N–H and O–H groups in total. The Labute approximate surface area is 223 Å². The van der Waals surface area contributed by atoms with Gasteiger partial charge in [-0.15, -0.1) is 0 Å². The van der Waals surface area contributed by atoms with Gasteiger partial charge in [0, 0.05) is 23.5 Å². The quantitative estimate of drug-likeness (QED) is 0.456. The Morgan fingerprint density at radius 2 is 1.72 bits per heavy atom. The summed E-state index contributed by atoms with van der Waals surface area (Å²) in [4.78, 5) is 56.9. The summed E-state index contributed by atoms with van der Waals surface area (Å²) in [7, 11) is 1.59. The number of aromatic nitrogens is 1. The van der Waals surface area contributed by atoms with E-state index in [0.29, 0.717) is 34.9 Å². The van der Waals surface area contributed by atoms with Crippen LogP contribution in [0.25, 0.3) is 0 Å². The van der Waals surface area contributed by atoms with Gasteiger partial charge in [0.15, 0.2) is 11.5 Å². The molecule has 3 amide bonds. The van der Waals surface area contributed by atoms with Crippen LogP contribution in [0.3, 0.4) is 0 Å². The highest BCUT2D eigenvalue weighted by Gasteiger charge is 2.37. The fraction of sp³-hybridized carbons (Fsp3) is 0.276. The molecule has 198 valence electrons. The third kappa shape index (κ3) is 4.27. The Hall–Kier alpha value is -4.73. The highest BCUT2D eigenvalue weighted by atomic mass is 16.5. The van der Waals surface area contributed by atoms with Crippen LogP contribution in [0.5, 0.6) is 11.5 Å². The fourth-order valence-corrected chi connectivity index (χ4v) is 5.40. The van der Waals surface area contributed by atoms with Gasteiger partial charge in [-0.25, -0.2) is 9.78 Å². The van der Waals surface area contributed by atoms with Crippen molar-refractivity contribution in [2.75, 3.05) is 12.0 Å². The number of carbonyl (C=O) groups excluding carboxylic acids is 3. The van der Waals surface area contributed by atoms with Crippen LogP contribution in [0.4, 0.5) is 5.69 Å². The predicted molar refractivity (Wildman–Crippen MR) is 138 cm³/mol. The number of aromatic carboxylic acids is 1. The standard InChI is InChI=1S/C29H25N3O7/c1-38-24-9-8-18(11-25(24)39-19-4-2-3-5-19)31-15-17-7-6-16(10-20(17)26(31)33)14-32-27(34)21-12-23(29(36)37)30-13-22(21)28(32)35/h6-13,19H,2-5,14-15H2,1H3,(H,36,37). The summed E-state index contributed by atoms with van der Waals surface area (Å²) in [6, 6.07) is 11.9. The van der Waals surface area contributed by atoms with Crippen LogP contribution >= 0.6 is 0 Å². The van der Waals surface area contributed by atoms with Crippen molar-refractivity contribution in [2.45, 2.75) is 44.9 Å². The van der Waals surface area contributed by atoms with Crippen molar-refractivity contribution in [3.05, 3.63) is 82.2 Å². The molecule has 1 aromatic heterocycles. The van der Waals surface area contributed by atoms with Gasteiger partial charge in [-0.2, -0.15) is 0 Å². The van der Waals surface area contributed by atoms with Gasteiger partial charge in [0.05, 0.1) is 37.4 Å². The average Bonchev–Trinajstić information content (AvgIpc) is 3.63. The number of hydrogen-bond acceptors (Lipinski definition) is 7. The SMILES string of the molecule is COc1ccc(N2Cc3ccc(CN4C(=O)c5cnc(C(=O)O)cc5C4=O)cc3C2=O)cc1OC1CCCC1. The molecule has 1 aliphatic carbocycles. The molecular formula is C29H25N3O7. The number of amides is 3. The molecule has 0 unspecified atom stereocenters. The van der Waals surface area contributed by atoms with Gasteiger partial charge >= 0.3 is 5.97 Å². The number of rotatable bonds is 7. The van der Waals surface area contributed by atoms with Crippen molar-refractivity contribution >= 4 is 29.4 Å². The zero-order valence-corrected chi connectivity index (χ0v) is 21.2. The molecule has 1 fully saturated rings. The van der Waals surface area contributed by atoms with E-state index in [1.807, 2.05) is 18.2 Å². The van der Waals surface area contributed by atoms with Crippen molar-refractivity contribution in [1.82, 2.24) is 9.88 Å². The van der Waals surface area contributed by atoms with Crippen molar-refractivity contribution in [3.8, 4) is 11.5 Å². The number of fused-ring (bicyclic) bond motifs is 2. The van der Waals surface area contributed by atoms with Crippen LogP contribution in [0.1, 0.15) is 78.4 Å². The minimum atomic E-state index is -1.28. The lowest BCUT2D eigenvalue weighted by Crippen LogP contribution is -2.29. The van der Waals surface area contributed by atoms with E-state index in [2.05, 4.69) is 4.98 Å². The molecule has 3 aliphatic rings. The molecule has 6 rings (SSSR count). The van der Waals surface area contributed by atoms with E-state index in [9.17, 15) is 24.3 Å². The number of carboxylic acids is 1. The maximum absolute atomic E-state index is 13.4. The predicted octanol–water partition coefficient (Wildman–Crippen LogP) is 4.07. The second-order valence-electron chi connectivity index (χ2n) is 9.86. The maximum atomic E-state index is 13.4. The second kappa shape index (κ2) is 9.54. The minimum Gasteiger partial charge on any atom is -0.493 e. The molecule has 0 saturated heterocycles. The number of benzene rings is 2. The fourth-order valence-electron chi connectivity index (χ4n) is 5.40. The van der Waals surface area contributed by atoms with E-state index in [0.717, 1.165) is 48.4 Å². The number of hydrogen-bond donors (Lipinski definition) is 1. The van der Waals surface area contributed by atoms with Gasteiger partial charge in [-0.3, -0.25) is 19.3 Å². The molecule has 0 bridgehead atoms. The van der Waals surface area contributed by atoms with Crippen LogP contribution in [-0.2, 0) is 13.1 Å². The number of methoxy groups -OCH3 is 1. The Kier molecular flexibility index (Phi) is 6.02. The van der Waals surface area contributed by atoms with Gasteiger partial charge in [0.2, 0.25) is 0 Å². The molecule has 2 aliphatic heterocycles. The van der Waals surface area contributed by atoms with Crippen LogP contribution in [0, 0.1) is 0 Å². The topological polar surface area (TPSA) is 126 Å². The normalized spacial score (nSPS) is 16.6. The van der Waals surface area contributed by atoms with Gasteiger partial charge in [0.1, 0.15) is 5.69 Å². The highest BCUT2D eigenvalue weighted by molar-refractivity contribution is 6.21. The minimum absolute atomic E-state index is 0.00550. The Morgan fingerprint density at radius 1 is 0.949 bits per heavy atom. The zero-order valence-electron chi connectivity index (χ0n) is 21.2. The van der Waals surface area contributed by atoms with Crippen LogP contribution in [0.15, 0.2) is 48.7 Å². The average molecular weight is 528 g/mol. The molecular weight excluding hydrogens is 502 g/mol. The summed E-state index contributed by atoms with van der Waals surface area (Å²) in [5, 5.41) is 9.17. The van der Waals surface area contributed by atoms with Crippen molar-refractivity contribution in [1.29, 1.82) is 0 Å². The molecule has 3 aromatic rings. The van der Waals surface area contributed by atoms with E-state index >= 15 is 0 Å². The van der Waals surface area contributed by atoms with E-state index in [4.69, 9.17) is 9.47 Å². The van der Waals surface area contributed by atoms with E-state index in [1.165, 1.54) is 0 Å². The Morgan fingerprint density at radius 3 is 2.46 bits per heavy atom. The van der Waals surface area contributed by atoms with Gasteiger partial charge in [0.25, 0.3) is 17.7 Å². The molecule has 0 radical (unpaired) electrons. The summed E-state index contributed by atoms with van der Waals surface area (Å²) in [5.41, 5.74) is 2.37. The monoisotopic (exact) mass is 527 g/mol. The number of pyridine rings is 1. The van der Waals surface area contributed by atoms with E-state index < -0.39 is 17.8 Å².